The van der Waals surface area contributed by atoms with E-state index < -0.39 is 0 Å². The number of fused-ring (bicyclic) bond motifs is 1. The molecule has 0 bridgehead atoms. The normalized spacial score (nSPS) is 14.7. The van der Waals surface area contributed by atoms with E-state index in [1.54, 1.807) is 14.2 Å². The fourth-order valence-electron chi connectivity index (χ4n) is 5.04. The van der Waals surface area contributed by atoms with E-state index in [1.165, 1.54) is 0 Å². The van der Waals surface area contributed by atoms with Gasteiger partial charge in [0.2, 0.25) is 0 Å². The molecule has 7 heteroatoms. The quantitative estimate of drug-likeness (QED) is 0.377. The summed E-state index contributed by atoms with van der Waals surface area (Å²) < 4.78 is 10.8. The minimum atomic E-state index is -0.331. The lowest BCUT2D eigenvalue weighted by molar-refractivity contribution is 0.0746. The van der Waals surface area contributed by atoms with Crippen LogP contribution in [0.15, 0.2) is 60.7 Å². The molecule has 0 spiro atoms. The highest BCUT2D eigenvalue weighted by molar-refractivity contribution is 6.00. The molecule has 5 rings (SSSR count). The largest absolute Gasteiger partial charge is 0.507 e. The fourth-order valence-corrected chi connectivity index (χ4v) is 5.04. The summed E-state index contributed by atoms with van der Waals surface area (Å²) in [5, 5.41) is 18.4. The molecule has 0 saturated heterocycles. The molecule has 0 fully saturated rings. The van der Waals surface area contributed by atoms with Crippen molar-refractivity contribution in [1.82, 2.24) is 15.1 Å². The van der Waals surface area contributed by atoms with Gasteiger partial charge in [-0.15, -0.1) is 0 Å². The van der Waals surface area contributed by atoms with Gasteiger partial charge in [-0.05, 0) is 60.7 Å². The molecule has 0 aliphatic carbocycles. The number of rotatable bonds is 7. The summed E-state index contributed by atoms with van der Waals surface area (Å²) in [5.74, 6) is 1.39. The summed E-state index contributed by atoms with van der Waals surface area (Å²) in [6.07, 6.45) is 0.636. The maximum Gasteiger partial charge on any atom is 0.273 e. The van der Waals surface area contributed by atoms with Crippen molar-refractivity contribution >= 4 is 5.91 Å². The summed E-state index contributed by atoms with van der Waals surface area (Å²) in [4.78, 5) is 15.5. The second kappa shape index (κ2) is 9.41. The van der Waals surface area contributed by atoms with Crippen molar-refractivity contribution in [2.45, 2.75) is 26.3 Å². The summed E-state index contributed by atoms with van der Waals surface area (Å²) in [5.41, 5.74) is 6.29. The van der Waals surface area contributed by atoms with Gasteiger partial charge in [-0.1, -0.05) is 42.5 Å². The monoisotopic (exact) mass is 483 g/mol. The molecule has 2 N–H and O–H groups in total. The smallest absolute Gasteiger partial charge is 0.273 e. The third kappa shape index (κ3) is 3.96. The highest BCUT2D eigenvalue weighted by atomic mass is 16.5. The van der Waals surface area contributed by atoms with E-state index in [9.17, 15) is 9.90 Å². The van der Waals surface area contributed by atoms with E-state index >= 15 is 0 Å². The Morgan fingerprint density at radius 3 is 2.47 bits per heavy atom. The first-order valence-corrected chi connectivity index (χ1v) is 11.9. The van der Waals surface area contributed by atoms with Crippen molar-refractivity contribution < 1.29 is 19.4 Å². The van der Waals surface area contributed by atoms with Gasteiger partial charge in [0.25, 0.3) is 5.91 Å². The van der Waals surface area contributed by atoms with E-state index in [2.05, 4.69) is 10.2 Å². The molecule has 0 radical (unpaired) electrons. The Balaban J connectivity index is 1.55. The number of hydrogen-bond donors (Lipinski definition) is 2. The van der Waals surface area contributed by atoms with E-state index in [-0.39, 0.29) is 17.7 Å². The number of aromatic amines is 1. The molecule has 1 amide bonds. The summed E-state index contributed by atoms with van der Waals surface area (Å²) in [6.45, 7) is 4.35. The molecule has 1 atom stereocenters. The van der Waals surface area contributed by atoms with Crippen LogP contribution < -0.4 is 9.47 Å². The highest BCUT2D eigenvalue weighted by Crippen LogP contribution is 2.45. The minimum absolute atomic E-state index is 0.109. The number of methoxy groups -OCH3 is 2. The molecule has 3 aromatic carbocycles. The molecular formula is C29H29N3O4. The van der Waals surface area contributed by atoms with Gasteiger partial charge < -0.3 is 19.5 Å². The zero-order valence-electron chi connectivity index (χ0n) is 20.8. The van der Waals surface area contributed by atoms with Crippen molar-refractivity contribution in [3.63, 3.8) is 0 Å². The van der Waals surface area contributed by atoms with E-state index in [1.807, 2.05) is 79.4 Å². The summed E-state index contributed by atoms with van der Waals surface area (Å²) >= 11 is 0. The number of aryl methyl sites for hydroxylation is 2. The van der Waals surface area contributed by atoms with Crippen LogP contribution in [0.25, 0.3) is 11.3 Å². The third-order valence-corrected chi connectivity index (χ3v) is 6.77. The summed E-state index contributed by atoms with van der Waals surface area (Å²) in [7, 11) is 3.22. The first-order valence-electron chi connectivity index (χ1n) is 11.9. The van der Waals surface area contributed by atoms with Gasteiger partial charge in [0, 0.05) is 17.7 Å². The van der Waals surface area contributed by atoms with Crippen LogP contribution >= 0.6 is 0 Å². The number of benzene rings is 3. The molecule has 1 aliphatic heterocycles. The van der Waals surface area contributed by atoms with Crippen LogP contribution in [0, 0.1) is 13.8 Å². The molecule has 36 heavy (non-hydrogen) atoms. The average molecular weight is 484 g/mol. The molecule has 4 aromatic rings. The van der Waals surface area contributed by atoms with Gasteiger partial charge in [0.05, 0.1) is 20.3 Å². The number of phenols is 1. The molecule has 0 saturated carbocycles. The number of aromatic nitrogens is 2. The van der Waals surface area contributed by atoms with Crippen LogP contribution in [-0.2, 0) is 6.42 Å². The number of H-pyrrole nitrogens is 1. The van der Waals surface area contributed by atoms with E-state index in [4.69, 9.17) is 9.47 Å². The number of carbonyl (C=O) groups excluding carboxylic acids is 1. The number of aromatic hydroxyl groups is 1. The Morgan fingerprint density at radius 2 is 1.75 bits per heavy atom. The zero-order valence-corrected chi connectivity index (χ0v) is 20.8. The predicted molar refractivity (Wildman–Crippen MR) is 138 cm³/mol. The van der Waals surface area contributed by atoms with Gasteiger partial charge in [-0.3, -0.25) is 9.89 Å². The molecule has 0 unspecified atom stereocenters. The van der Waals surface area contributed by atoms with Crippen LogP contribution in [0.2, 0.25) is 0 Å². The maximum absolute atomic E-state index is 13.6. The van der Waals surface area contributed by atoms with Crippen LogP contribution in [0.5, 0.6) is 17.2 Å². The predicted octanol–water partition coefficient (Wildman–Crippen LogP) is 5.20. The lowest BCUT2D eigenvalue weighted by Gasteiger charge is -2.26. The number of phenolic OH excluding ortho intramolecular Hbond substituents is 1. The van der Waals surface area contributed by atoms with Gasteiger partial charge in [0.1, 0.15) is 17.1 Å². The Bertz CT molecular complexity index is 1430. The average Bonchev–Trinajstić information content (AvgIpc) is 3.43. The van der Waals surface area contributed by atoms with Gasteiger partial charge >= 0.3 is 0 Å². The maximum atomic E-state index is 13.6. The van der Waals surface area contributed by atoms with Gasteiger partial charge in [-0.2, -0.15) is 5.10 Å². The number of nitrogens with zero attached hydrogens (tertiary/aromatic N) is 2. The van der Waals surface area contributed by atoms with Crippen LogP contribution in [0.4, 0.5) is 0 Å². The van der Waals surface area contributed by atoms with E-state index in [0.29, 0.717) is 41.4 Å². The third-order valence-electron chi connectivity index (χ3n) is 6.77. The lowest BCUT2D eigenvalue weighted by Crippen LogP contribution is -2.31. The number of ether oxygens (including phenoxy) is 2. The first-order chi connectivity index (χ1) is 17.4. The standard InChI is InChI=1S/C29H29N3O4/c1-17-14-18(2)28(33)21(15-17)25-24-26(31-30-25)29(34)32(27(24)20-8-6-5-7-9-20)13-12-19-10-11-22(35-3)23(16-19)36-4/h5-11,14-16,27,33H,12-13H2,1-4H3,(H,30,31)/t27-/m0/s1. The second-order valence-electron chi connectivity index (χ2n) is 9.09. The lowest BCUT2D eigenvalue weighted by atomic mass is 9.94. The van der Waals surface area contributed by atoms with Gasteiger partial charge in [0.15, 0.2) is 11.5 Å². The first kappa shape index (κ1) is 23.5. The van der Waals surface area contributed by atoms with E-state index in [0.717, 1.165) is 27.8 Å². The SMILES string of the molecule is COc1ccc(CCN2C(=O)c3[nH]nc(-c4cc(C)cc(C)c4O)c3[C@@H]2c2ccccc2)cc1OC. The molecule has 184 valence electrons. The van der Waals surface area contributed by atoms with Crippen molar-refractivity contribution in [2.24, 2.45) is 0 Å². The number of amides is 1. The Labute approximate surface area is 210 Å². The van der Waals surface area contributed by atoms with Crippen molar-refractivity contribution in [3.8, 4) is 28.5 Å². The molecule has 2 heterocycles. The van der Waals surface area contributed by atoms with Crippen LogP contribution in [0.3, 0.4) is 0 Å². The molecular weight excluding hydrogens is 454 g/mol. The Kier molecular flexibility index (Phi) is 6.14. The summed E-state index contributed by atoms with van der Waals surface area (Å²) in [6, 6.07) is 19.3. The van der Waals surface area contributed by atoms with Crippen LogP contribution in [0.1, 0.15) is 44.3 Å². The number of nitrogens with one attached hydrogen (secondary N) is 1. The second-order valence-corrected chi connectivity index (χ2v) is 9.09. The van der Waals surface area contributed by atoms with Crippen molar-refractivity contribution in [3.05, 3.63) is 94.2 Å². The minimum Gasteiger partial charge on any atom is -0.507 e. The topological polar surface area (TPSA) is 87.7 Å². The Hall–Kier alpha value is -4.26. The molecule has 7 nitrogen and oxygen atoms in total. The number of carbonyl (C=O) groups is 1. The molecule has 1 aliphatic rings. The fraction of sp³-hybridized carbons (Fsp3) is 0.241. The van der Waals surface area contributed by atoms with Crippen LogP contribution in [-0.4, -0.2) is 46.9 Å². The van der Waals surface area contributed by atoms with Crippen molar-refractivity contribution in [2.75, 3.05) is 20.8 Å². The number of hydrogen-bond acceptors (Lipinski definition) is 5. The molecule has 1 aromatic heterocycles. The van der Waals surface area contributed by atoms with Gasteiger partial charge in [-0.25, -0.2) is 0 Å². The Morgan fingerprint density at radius 1 is 1.00 bits per heavy atom. The van der Waals surface area contributed by atoms with Crippen molar-refractivity contribution in [1.29, 1.82) is 0 Å². The highest BCUT2D eigenvalue weighted by Gasteiger charge is 2.42. The zero-order chi connectivity index (χ0) is 25.4.